The van der Waals surface area contributed by atoms with E-state index >= 15 is 0 Å². The summed E-state index contributed by atoms with van der Waals surface area (Å²) < 4.78 is 48.1. The lowest BCUT2D eigenvalue weighted by atomic mass is 10.3. The topological polar surface area (TPSA) is 52.0 Å². The number of hydrogen-bond donors (Lipinski definition) is 0. The molecule has 2 heterocycles. The summed E-state index contributed by atoms with van der Waals surface area (Å²) in [6.07, 6.45) is -0.746. The molecule has 0 N–H and O–H groups in total. The average molecular weight is 236 g/mol. The van der Waals surface area contributed by atoms with Gasteiger partial charge in [0.25, 0.3) is 6.43 Å². The molecule has 0 amide bonds. The summed E-state index contributed by atoms with van der Waals surface area (Å²) in [4.78, 5) is 0. The second-order valence-electron chi connectivity index (χ2n) is 3.58. The van der Waals surface area contributed by atoms with E-state index in [9.17, 15) is 17.2 Å². The molecule has 15 heavy (non-hydrogen) atoms. The molecule has 4 nitrogen and oxygen atoms in total. The van der Waals surface area contributed by atoms with Crippen LogP contribution in [0.1, 0.15) is 24.6 Å². The molecule has 7 heteroatoms. The van der Waals surface area contributed by atoms with Crippen LogP contribution in [0, 0.1) is 0 Å². The van der Waals surface area contributed by atoms with E-state index in [0.29, 0.717) is 6.42 Å². The van der Waals surface area contributed by atoms with Gasteiger partial charge in [0.2, 0.25) is 0 Å². The fraction of sp³-hybridized carbons (Fsp3) is 0.625. The van der Waals surface area contributed by atoms with Gasteiger partial charge in [-0.3, -0.25) is 4.68 Å². The van der Waals surface area contributed by atoms with Crippen molar-refractivity contribution in [2.75, 3.05) is 11.5 Å². The Morgan fingerprint density at radius 3 is 2.73 bits per heavy atom. The molecule has 0 spiro atoms. The van der Waals surface area contributed by atoms with E-state index in [4.69, 9.17) is 0 Å². The van der Waals surface area contributed by atoms with Gasteiger partial charge in [0.15, 0.2) is 9.84 Å². The van der Waals surface area contributed by atoms with E-state index in [0.717, 1.165) is 0 Å². The maximum Gasteiger partial charge on any atom is 0.282 e. The fourth-order valence-corrected chi connectivity index (χ4v) is 3.36. The van der Waals surface area contributed by atoms with Gasteiger partial charge in [-0.1, -0.05) is 0 Å². The molecule has 1 aliphatic rings. The summed E-state index contributed by atoms with van der Waals surface area (Å²) in [5, 5.41) is 3.66. The van der Waals surface area contributed by atoms with Gasteiger partial charge in [0, 0.05) is 6.20 Å². The monoisotopic (exact) mass is 236 g/mol. The van der Waals surface area contributed by atoms with Crippen LogP contribution in [0.3, 0.4) is 0 Å². The van der Waals surface area contributed by atoms with Crippen molar-refractivity contribution in [2.45, 2.75) is 18.9 Å². The zero-order valence-electron chi connectivity index (χ0n) is 7.81. The van der Waals surface area contributed by atoms with Crippen molar-refractivity contribution < 1.29 is 17.2 Å². The highest BCUT2D eigenvalue weighted by molar-refractivity contribution is 7.91. The fourth-order valence-electron chi connectivity index (χ4n) is 1.66. The van der Waals surface area contributed by atoms with Gasteiger partial charge in [0.05, 0.1) is 17.5 Å². The molecule has 1 unspecified atom stereocenters. The minimum Gasteiger partial charge on any atom is -0.268 e. The van der Waals surface area contributed by atoms with Crippen molar-refractivity contribution in [1.82, 2.24) is 9.78 Å². The molecule has 1 aliphatic heterocycles. The molecular weight excluding hydrogens is 226 g/mol. The Hall–Kier alpha value is -0.980. The molecule has 0 aliphatic carbocycles. The number of hydrogen-bond acceptors (Lipinski definition) is 3. The molecule has 84 valence electrons. The van der Waals surface area contributed by atoms with Crippen molar-refractivity contribution in [2.24, 2.45) is 0 Å². The third-order valence-electron chi connectivity index (χ3n) is 2.44. The van der Waals surface area contributed by atoms with Crippen molar-refractivity contribution in [3.63, 3.8) is 0 Å². The van der Waals surface area contributed by atoms with Crippen LogP contribution >= 0.6 is 0 Å². The Kier molecular flexibility index (Phi) is 2.49. The van der Waals surface area contributed by atoms with Crippen LogP contribution in [0.25, 0.3) is 0 Å². The van der Waals surface area contributed by atoms with Gasteiger partial charge < -0.3 is 0 Å². The number of alkyl halides is 2. The van der Waals surface area contributed by atoms with Crippen LogP contribution < -0.4 is 0 Å². The van der Waals surface area contributed by atoms with Crippen LogP contribution in [-0.4, -0.2) is 29.7 Å². The standard InChI is InChI=1S/C8H10F2N2O2S/c9-8(10)7-1-3-12(11-7)6-2-4-15(13,14)5-6/h1,3,6,8H,2,4-5H2. The number of halogens is 2. The first kappa shape index (κ1) is 10.5. The van der Waals surface area contributed by atoms with Crippen LogP contribution in [0.15, 0.2) is 12.3 Å². The second kappa shape index (κ2) is 3.55. The van der Waals surface area contributed by atoms with Crippen molar-refractivity contribution in [1.29, 1.82) is 0 Å². The lowest BCUT2D eigenvalue weighted by Gasteiger charge is -2.07. The summed E-state index contributed by atoms with van der Waals surface area (Å²) in [6.45, 7) is 0. The number of rotatable bonds is 2. The molecule has 1 aromatic rings. The summed E-state index contributed by atoms with van der Waals surface area (Å²) in [6, 6.07) is 0.929. The van der Waals surface area contributed by atoms with E-state index in [2.05, 4.69) is 5.10 Å². The smallest absolute Gasteiger partial charge is 0.268 e. The highest BCUT2D eigenvalue weighted by Crippen LogP contribution is 2.24. The second-order valence-corrected chi connectivity index (χ2v) is 5.81. The highest BCUT2D eigenvalue weighted by Gasteiger charge is 2.30. The Labute approximate surface area is 85.8 Å². The maximum atomic E-state index is 12.2. The molecule has 0 radical (unpaired) electrons. The minimum atomic E-state index is -3.00. The summed E-state index contributed by atoms with van der Waals surface area (Å²) >= 11 is 0. The minimum absolute atomic E-state index is 0.00262. The molecule has 0 bridgehead atoms. The maximum absolute atomic E-state index is 12.2. The van der Waals surface area contributed by atoms with Crippen LogP contribution in [0.5, 0.6) is 0 Å². The third kappa shape index (κ3) is 2.17. The normalized spacial score (nSPS) is 24.9. The van der Waals surface area contributed by atoms with Gasteiger partial charge in [-0.05, 0) is 12.5 Å². The molecule has 2 rings (SSSR count). The molecule has 1 aromatic heterocycles. The Morgan fingerprint density at radius 2 is 2.27 bits per heavy atom. The van der Waals surface area contributed by atoms with Gasteiger partial charge in [-0.15, -0.1) is 0 Å². The van der Waals surface area contributed by atoms with Gasteiger partial charge in [-0.2, -0.15) is 5.10 Å². The Bertz CT molecular complexity index is 455. The largest absolute Gasteiger partial charge is 0.282 e. The van der Waals surface area contributed by atoms with E-state index in [1.165, 1.54) is 16.9 Å². The molecule has 1 fully saturated rings. The zero-order chi connectivity index (χ0) is 11.1. The van der Waals surface area contributed by atoms with E-state index in [1.54, 1.807) is 0 Å². The summed E-state index contributed by atoms with van der Waals surface area (Å²) in [5.41, 5.74) is -0.306. The van der Waals surface area contributed by atoms with Crippen LogP contribution in [0.2, 0.25) is 0 Å². The van der Waals surface area contributed by atoms with Gasteiger partial charge >= 0.3 is 0 Å². The SMILES string of the molecule is O=S1(=O)CCC(n2ccc(C(F)F)n2)C1. The van der Waals surface area contributed by atoms with Gasteiger partial charge in [-0.25, -0.2) is 17.2 Å². The van der Waals surface area contributed by atoms with Crippen LogP contribution in [-0.2, 0) is 9.84 Å². The van der Waals surface area contributed by atoms with Crippen LogP contribution in [0.4, 0.5) is 8.78 Å². The lowest BCUT2D eigenvalue weighted by Crippen LogP contribution is -2.11. The Balaban J connectivity index is 2.17. The summed E-state index contributed by atoms with van der Waals surface area (Å²) in [7, 11) is -3.00. The number of aromatic nitrogens is 2. The predicted molar refractivity (Wildman–Crippen MR) is 49.5 cm³/mol. The molecule has 0 aromatic carbocycles. The molecule has 1 atom stereocenters. The summed E-state index contributed by atoms with van der Waals surface area (Å²) in [5.74, 6) is 0.110. The lowest BCUT2D eigenvalue weighted by molar-refractivity contribution is 0.144. The number of nitrogens with zero attached hydrogens (tertiary/aromatic N) is 2. The average Bonchev–Trinajstić information content (AvgIpc) is 2.70. The zero-order valence-corrected chi connectivity index (χ0v) is 8.62. The highest BCUT2D eigenvalue weighted by atomic mass is 32.2. The van der Waals surface area contributed by atoms with Crippen molar-refractivity contribution in [3.05, 3.63) is 18.0 Å². The quantitative estimate of drug-likeness (QED) is 0.774. The number of sulfone groups is 1. The predicted octanol–water partition coefficient (Wildman–Crippen LogP) is 1.18. The van der Waals surface area contributed by atoms with E-state index in [1.807, 2.05) is 0 Å². The molecule has 0 saturated carbocycles. The van der Waals surface area contributed by atoms with Gasteiger partial charge in [0.1, 0.15) is 5.69 Å². The molecule has 1 saturated heterocycles. The third-order valence-corrected chi connectivity index (χ3v) is 4.19. The van der Waals surface area contributed by atoms with E-state index < -0.39 is 16.3 Å². The molecular formula is C8H10F2N2O2S. The first-order valence-electron chi connectivity index (χ1n) is 4.51. The van der Waals surface area contributed by atoms with E-state index in [-0.39, 0.29) is 23.2 Å². The first-order valence-corrected chi connectivity index (χ1v) is 6.34. The van der Waals surface area contributed by atoms with Crippen molar-refractivity contribution in [3.8, 4) is 0 Å². The Morgan fingerprint density at radius 1 is 1.53 bits per heavy atom. The van der Waals surface area contributed by atoms with Crippen molar-refractivity contribution >= 4 is 9.84 Å². The first-order chi connectivity index (χ1) is 6.98.